The van der Waals surface area contributed by atoms with Crippen LogP contribution in [0.5, 0.6) is 17.2 Å². The summed E-state index contributed by atoms with van der Waals surface area (Å²) in [7, 11) is 2.90. The summed E-state index contributed by atoms with van der Waals surface area (Å²) in [6, 6.07) is 24.8. The van der Waals surface area contributed by atoms with E-state index in [1.807, 2.05) is 48.5 Å². The van der Waals surface area contributed by atoms with Crippen molar-refractivity contribution in [2.75, 3.05) is 19.5 Å². The molecule has 1 amide bonds. The number of rotatable bonds is 9. The minimum atomic E-state index is -0.796. The Kier molecular flexibility index (Phi) is 7.84. The quantitative estimate of drug-likeness (QED) is 0.129. The van der Waals surface area contributed by atoms with Crippen molar-refractivity contribution in [3.8, 4) is 23.3 Å². The van der Waals surface area contributed by atoms with Crippen LogP contribution < -0.4 is 19.5 Å². The first-order chi connectivity index (χ1) is 18.4. The van der Waals surface area contributed by atoms with Gasteiger partial charge in [-0.3, -0.25) is 14.9 Å². The van der Waals surface area contributed by atoms with Crippen molar-refractivity contribution in [3.63, 3.8) is 0 Å². The largest absolute Gasteiger partial charge is 0.496 e. The Morgan fingerprint density at radius 2 is 1.79 bits per heavy atom. The van der Waals surface area contributed by atoms with Crippen molar-refractivity contribution in [2.24, 2.45) is 0 Å². The summed E-state index contributed by atoms with van der Waals surface area (Å²) < 4.78 is 16.5. The third-order valence-corrected chi connectivity index (χ3v) is 5.78. The molecule has 190 valence electrons. The van der Waals surface area contributed by atoms with Crippen molar-refractivity contribution in [1.29, 1.82) is 5.26 Å². The number of fused-ring (bicyclic) bond motifs is 1. The normalized spacial score (nSPS) is 10.9. The van der Waals surface area contributed by atoms with Gasteiger partial charge in [0.25, 0.3) is 11.6 Å². The summed E-state index contributed by atoms with van der Waals surface area (Å²) >= 11 is 0. The second-order valence-electron chi connectivity index (χ2n) is 8.10. The average molecular weight is 510 g/mol. The van der Waals surface area contributed by atoms with Crippen LogP contribution in [0, 0.1) is 21.4 Å². The molecule has 0 radical (unpaired) electrons. The highest BCUT2D eigenvalue weighted by atomic mass is 16.6. The number of nitrogens with one attached hydrogen (secondary N) is 1. The van der Waals surface area contributed by atoms with E-state index in [0.29, 0.717) is 17.1 Å². The minimum absolute atomic E-state index is 0.0595. The summed E-state index contributed by atoms with van der Waals surface area (Å²) in [6.45, 7) is 0.275. The highest BCUT2D eigenvalue weighted by Gasteiger charge is 2.19. The number of amides is 1. The molecule has 0 fully saturated rings. The zero-order valence-electron chi connectivity index (χ0n) is 20.6. The van der Waals surface area contributed by atoms with Crippen molar-refractivity contribution < 1.29 is 23.9 Å². The fraction of sp³-hybridized carbons (Fsp3) is 0.103. The Balaban J connectivity index is 1.58. The van der Waals surface area contributed by atoms with Crippen LogP contribution in [0.4, 0.5) is 11.4 Å². The van der Waals surface area contributed by atoms with Gasteiger partial charge in [-0.05, 0) is 52.2 Å². The average Bonchev–Trinajstić information content (AvgIpc) is 2.94. The first kappa shape index (κ1) is 25.7. The minimum Gasteiger partial charge on any atom is -0.496 e. The molecule has 9 nitrogen and oxygen atoms in total. The van der Waals surface area contributed by atoms with Crippen LogP contribution in [0.3, 0.4) is 0 Å². The molecule has 0 aromatic heterocycles. The monoisotopic (exact) mass is 509 g/mol. The molecule has 38 heavy (non-hydrogen) atoms. The molecule has 4 rings (SSSR count). The van der Waals surface area contributed by atoms with Crippen LogP contribution >= 0.6 is 0 Å². The standard InChI is InChI=1S/C29H23N3O6/c1-36-23-11-12-25(26(16-23)32(34)35)31-29(33)22(17-30)14-19-10-13-27(37-2)28(15-19)38-18-21-8-5-7-20-6-3-4-9-24(20)21/h3-16H,18H2,1-2H3,(H,31,33)/b22-14+. The second-order valence-corrected chi connectivity index (χ2v) is 8.10. The van der Waals surface area contributed by atoms with Gasteiger partial charge in [0.05, 0.1) is 25.2 Å². The lowest BCUT2D eigenvalue weighted by atomic mass is 10.1. The van der Waals surface area contributed by atoms with E-state index >= 15 is 0 Å². The van der Waals surface area contributed by atoms with Gasteiger partial charge >= 0.3 is 0 Å². The number of methoxy groups -OCH3 is 2. The zero-order chi connectivity index (χ0) is 27.1. The Labute approximate surface area is 218 Å². The number of nitrogens with zero attached hydrogens (tertiary/aromatic N) is 2. The summed E-state index contributed by atoms with van der Waals surface area (Å²) in [5.74, 6) is 0.381. The molecule has 1 N–H and O–H groups in total. The van der Waals surface area contributed by atoms with E-state index in [1.54, 1.807) is 18.2 Å². The molecule has 4 aromatic carbocycles. The van der Waals surface area contributed by atoms with E-state index in [2.05, 4.69) is 5.32 Å². The number of nitriles is 1. The molecule has 0 saturated heterocycles. The maximum atomic E-state index is 12.8. The van der Waals surface area contributed by atoms with Gasteiger partial charge in [0, 0.05) is 0 Å². The number of carbonyl (C=O) groups is 1. The number of nitro groups is 1. The molecular weight excluding hydrogens is 486 g/mol. The number of carbonyl (C=O) groups excluding carboxylic acids is 1. The SMILES string of the molecule is COc1ccc(NC(=O)/C(C#N)=C/c2ccc(OC)c(OCc3cccc4ccccc34)c2)c([N+](=O)[O-])c1. The van der Waals surface area contributed by atoms with Gasteiger partial charge in [-0.1, -0.05) is 48.5 Å². The zero-order valence-corrected chi connectivity index (χ0v) is 20.6. The number of benzene rings is 4. The molecular formula is C29H23N3O6. The predicted octanol–water partition coefficient (Wildman–Crippen LogP) is 5.89. The molecule has 4 aromatic rings. The summed E-state index contributed by atoms with van der Waals surface area (Å²) in [6.07, 6.45) is 1.37. The van der Waals surface area contributed by atoms with Crippen LogP contribution in [0.2, 0.25) is 0 Å². The van der Waals surface area contributed by atoms with E-state index < -0.39 is 10.8 Å². The first-order valence-corrected chi connectivity index (χ1v) is 11.5. The fourth-order valence-electron chi connectivity index (χ4n) is 3.87. The van der Waals surface area contributed by atoms with Gasteiger partial charge in [0.2, 0.25) is 0 Å². The molecule has 0 aliphatic carbocycles. The topological polar surface area (TPSA) is 124 Å². The molecule has 0 atom stereocenters. The summed E-state index contributed by atoms with van der Waals surface area (Å²) in [5.41, 5.74) is 0.832. The van der Waals surface area contributed by atoms with Crippen LogP contribution in [0.15, 0.2) is 84.4 Å². The van der Waals surface area contributed by atoms with Gasteiger partial charge in [-0.25, -0.2) is 0 Å². The molecule has 9 heteroatoms. The third kappa shape index (κ3) is 5.71. The fourth-order valence-corrected chi connectivity index (χ4v) is 3.87. The van der Waals surface area contributed by atoms with Crippen molar-refractivity contribution in [1.82, 2.24) is 0 Å². The Morgan fingerprint density at radius 3 is 2.53 bits per heavy atom. The highest BCUT2D eigenvalue weighted by molar-refractivity contribution is 6.10. The van der Waals surface area contributed by atoms with Gasteiger partial charge in [-0.15, -0.1) is 0 Å². The lowest BCUT2D eigenvalue weighted by Gasteiger charge is -2.13. The van der Waals surface area contributed by atoms with E-state index in [4.69, 9.17) is 14.2 Å². The van der Waals surface area contributed by atoms with Gasteiger partial charge in [-0.2, -0.15) is 5.26 Å². The Morgan fingerprint density at radius 1 is 1.00 bits per heavy atom. The molecule has 0 heterocycles. The maximum Gasteiger partial charge on any atom is 0.296 e. The molecule has 0 unspecified atom stereocenters. The number of hydrogen-bond acceptors (Lipinski definition) is 7. The summed E-state index contributed by atoms with van der Waals surface area (Å²) in [4.78, 5) is 23.6. The Hall–Kier alpha value is -5.36. The van der Waals surface area contributed by atoms with Crippen LogP contribution in [-0.2, 0) is 11.4 Å². The lowest BCUT2D eigenvalue weighted by molar-refractivity contribution is -0.384. The Bertz CT molecular complexity index is 1580. The van der Waals surface area contributed by atoms with Crippen LogP contribution in [-0.4, -0.2) is 25.1 Å². The van der Waals surface area contributed by atoms with Gasteiger partial charge < -0.3 is 19.5 Å². The number of hydrogen-bond donors (Lipinski definition) is 1. The second kappa shape index (κ2) is 11.6. The van der Waals surface area contributed by atoms with Crippen molar-refractivity contribution in [2.45, 2.75) is 6.61 Å². The van der Waals surface area contributed by atoms with Crippen LogP contribution in [0.1, 0.15) is 11.1 Å². The van der Waals surface area contributed by atoms with Crippen molar-refractivity contribution >= 4 is 34.1 Å². The van der Waals surface area contributed by atoms with Crippen LogP contribution in [0.25, 0.3) is 16.8 Å². The van der Waals surface area contributed by atoms with E-state index in [-0.39, 0.29) is 29.3 Å². The van der Waals surface area contributed by atoms with Crippen molar-refractivity contribution in [3.05, 3.63) is 106 Å². The van der Waals surface area contributed by atoms with E-state index in [1.165, 1.54) is 38.5 Å². The maximum absolute atomic E-state index is 12.8. The van der Waals surface area contributed by atoms with Gasteiger partial charge in [0.15, 0.2) is 11.5 Å². The van der Waals surface area contributed by atoms with E-state index in [0.717, 1.165) is 16.3 Å². The highest BCUT2D eigenvalue weighted by Crippen LogP contribution is 2.32. The molecule has 0 spiro atoms. The molecule has 0 aliphatic rings. The van der Waals surface area contributed by atoms with Gasteiger partial charge in [0.1, 0.15) is 29.7 Å². The molecule has 0 saturated carbocycles. The summed E-state index contributed by atoms with van der Waals surface area (Å²) in [5, 5.41) is 25.7. The molecule has 0 aliphatic heterocycles. The first-order valence-electron chi connectivity index (χ1n) is 11.5. The number of anilines is 1. The number of nitro benzene ring substituents is 1. The van der Waals surface area contributed by atoms with E-state index in [9.17, 15) is 20.2 Å². The third-order valence-electron chi connectivity index (χ3n) is 5.78. The number of ether oxygens (including phenoxy) is 3. The predicted molar refractivity (Wildman–Crippen MR) is 143 cm³/mol. The smallest absolute Gasteiger partial charge is 0.296 e. The molecule has 0 bridgehead atoms. The lowest BCUT2D eigenvalue weighted by Crippen LogP contribution is -2.14.